The summed E-state index contributed by atoms with van der Waals surface area (Å²) >= 11 is 1.33. The van der Waals surface area contributed by atoms with Crippen LogP contribution in [0, 0.1) is 6.92 Å². The summed E-state index contributed by atoms with van der Waals surface area (Å²) in [7, 11) is 0. The third-order valence-electron chi connectivity index (χ3n) is 5.53. The molecule has 3 heterocycles. The van der Waals surface area contributed by atoms with E-state index in [1.807, 2.05) is 4.90 Å². The van der Waals surface area contributed by atoms with E-state index in [1.54, 1.807) is 12.1 Å². The summed E-state index contributed by atoms with van der Waals surface area (Å²) in [6.45, 7) is 8.04. The molecule has 1 aromatic carbocycles. The molecule has 1 aliphatic rings. The van der Waals surface area contributed by atoms with Gasteiger partial charge in [0.1, 0.15) is 0 Å². The van der Waals surface area contributed by atoms with Crippen LogP contribution in [0.4, 0.5) is 5.69 Å². The molecule has 2 aromatic heterocycles. The van der Waals surface area contributed by atoms with Crippen LogP contribution in [-0.4, -0.2) is 52.5 Å². The zero-order valence-electron chi connectivity index (χ0n) is 18.0. The Labute approximate surface area is 185 Å². The first kappa shape index (κ1) is 21.2. The number of hydrogen-bond donors (Lipinski definition) is 0. The van der Waals surface area contributed by atoms with Gasteiger partial charge in [-0.25, -0.2) is 0 Å². The Hall–Kier alpha value is -3.00. The van der Waals surface area contributed by atoms with Crippen molar-refractivity contribution in [2.45, 2.75) is 39.7 Å². The van der Waals surface area contributed by atoms with Gasteiger partial charge in [0.15, 0.2) is 5.78 Å². The second kappa shape index (κ2) is 9.01. The van der Waals surface area contributed by atoms with Crippen LogP contribution in [0.1, 0.15) is 41.4 Å². The lowest BCUT2D eigenvalue weighted by atomic mass is 10.1. The highest BCUT2D eigenvalue weighted by molar-refractivity contribution is 7.17. The lowest BCUT2D eigenvalue weighted by molar-refractivity contribution is -0.133. The topological polar surface area (TPSA) is 79.5 Å². The summed E-state index contributed by atoms with van der Waals surface area (Å²) in [6.07, 6.45) is 0.737. The minimum Gasteiger partial charge on any atom is -0.420 e. The van der Waals surface area contributed by atoms with Crippen LogP contribution >= 0.6 is 11.3 Å². The number of benzene rings is 1. The second-order valence-corrected chi connectivity index (χ2v) is 9.02. The molecule has 0 bridgehead atoms. The number of Topliss-reactive ketones (excluding diaryl/α,β-unsaturated/α-hetero) is 1. The SMILES string of the molecule is CC(=O)c1ccc(-c2nnc(CCC(=O)N3CCN(c4ccc(C)cc4)C[C@H]3C)o2)s1. The highest BCUT2D eigenvalue weighted by Crippen LogP contribution is 2.27. The minimum absolute atomic E-state index is 0.0122. The van der Waals surface area contributed by atoms with Crippen molar-refractivity contribution in [3.63, 3.8) is 0 Å². The summed E-state index contributed by atoms with van der Waals surface area (Å²) in [5.41, 5.74) is 2.44. The van der Waals surface area contributed by atoms with Gasteiger partial charge in [-0.05, 0) is 45.0 Å². The average Bonchev–Trinajstić information content (AvgIpc) is 3.42. The third kappa shape index (κ3) is 4.85. The van der Waals surface area contributed by atoms with Crippen molar-refractivity contribution < 1.29 is 14.0 Å². The number of rotatable bonds is 6. The summed E-state index contributed by atoms with van der Waals surface area (Å²) in [4.78, 5) is 30.0. The molecule has 3 aromatic rings. The van der Waals surface area contributed by atoms with Crippen LogP contribution < -0.4 is 4.90 Å². The number of nitrogens with zero attached hydrogens (tertiary/aromatic N) is 4. The molecule has 31 heavy (non-hydrogen) atoms. The van der Waals surface area contributed by atoms with Crippen LogP contribution in [0.3, 0.4) is 0 Å². The van der Waals surface area contributed by atoms with Gasteiger partial charge in [0.25, 0.3) is 5.89 Å². The lowest BCUT2D eigenvalue weighted by Gasteiger charge is -2.41. The zero-order chi connectivity index (χ0) is 22.0. The molecular weight excluding hydrogens is 412 g/mol. The van der Waals surface area contributed by atoms with Gasteiger partial charge in [-0.3, -0.25) is 9.59 Å². The summed E-state index contributed by atoms with van der Waals surface area (Å²) < 4.78 is 5.71. The Balaban J connectivity index is 1.31. The normalized spacial score (nSPS) is 16.5. The fourth-order valence-electron chi connectivity index (χ4n) is 3.77. The van der Waals surface area contributed by atoms with Gasteiger partial charge in [-0.15, -0.1) is 21.5 Å². The van der Waals surface area contributed by atoms with Crippen molar-refractivity contribution in [1.29, 1.82) is 0 Å². The highest BCUT2D eigenvalue weighted by Gasteiger charge is 2.27. The Morgan fingerprint density at radius 1 is 1.13 bits per heavy atom. The van der Waals surface area contributed by atoms with Crippen LogP contribution in [-0.2, 0) is 11.2 Å². The molecule has 0 radical (unpaired) electrons. The Morgan fingerprint density at radius 3 is 2.58 bits per heavy atom. The fraction of sp³-hybridized carbons (Fsp3) is 0.391. The fourth-order valence-corrected chi connectivity index (χ4v) is 4.59. The largest absolute Gasteiger partial charge is 0.420 e. The van der Waals surface area contributed by atoms with Gasteiger partial charge in [-0.1, -0.05) is 17.7 Å². The minimum atomic E-state index is 0.0122. The van der Waals surface area contributed by atoms with E-state index in [4.69, 9.17) is 4.42 Å². The number of carbonyl (C=O) groups excluding carboxylic acids is 2. The molecule has 1 aliphatic heterocycles. The Bertz CT molecular complexity index is 1070. The summed E-state index contributed by atoms with van der Waals surface area (Å²) in [5, 5.41) is 8.13. The summed E-state index contributed by atoms with van der Waals surface area (Å²) in [5.74, 6) is 0.941. The van der Waals surface area contributed by atoms with Crippen LogP contribution in [0.25, 0.3) is 10.8 Å². The van der Waals surface area contributed by atoms with Crippen molar-refractivity contribution >= 4 is 28.7 Å². The molecule has 0 N–H and O–H groups in total. The number of carbonyl (C=O) groups is 2. The predicted octanol–water partition coefficient (Wildman–Crippen LogP) is 3.98. The van der Waals surface area contributed by atoms with Crippen LogP contribution in [0.5, 0.6) is 0 Å². The van der Waals surface area contributed by atoms with Gasteiger partial charge < -0.3 is 14.2 Å². The Kier molecular flexibility index (Phi) is 6.18. The molecule has 7 nitrogen and oxygen atoms in total. The molecule has 1 fully saturated rings. The Morgan fingerprint density at radius 2 is 1.90 bits per heavy atom. The lowest BCUT2D eigenvalue weighted by Crippen LogP contribution is -2.54. The average molecular weight is 439 g/mol. The van der Waals surface area contributed by atoms with Crippen molar-refractivity contribution in [3.05, 3.63) is 52.7 Å². The summed E-state index contributed by atoms with van der Waals surface area (Å²) in [6, 6.07) is 12.2. The van der Waals surface area contributed by atoms with Gasteiger partial charge in [0, 0.05) is 44.2 Å². The first-order valence-electron chi connectivity index (χ1n) is 10.5. The molecule has 0 spiro atoms. The van der Waals surface area contributed by atoms with E-state index in [-0.39, 0.29) is 17.7 Å². The van der Waals surface area contributed by atoms with E-state index in [1.165, 1.54) is 29.5 Å². The molecule has 0 unspecified atom stereocenters. The van der Waals surface area contributed by atoms with Crippen molar-refractivity contribution in [2.24, 2.45) is 0 Å². The zero-order valence-corrected chi connectivity index (χ0v) is 18.8. The molecule has 4 rings (SSSR count). The maximum absolute atomic E-state index is 12.8. The van der Waals surface area contributed by atoms with Gasteiger partial charge >= 0.3 is 0 Å². The molecule has 1 saturated heterocycles. The molecule has 8 heteroatoms. The molecular formula is C23H26N4O3S. The van der Waals surface area contributed by atoms with Crippen molar-refractivity contribution in [1.82, 2.24) is 15.1 Å². The third-order valence-corrected chi connectivity index (χ3v) is 6.70. The maximum Gasteiger partial charge on any atom is 0.257 e. The number of ketones is 1. The number of thiophene rings is 1. The van der Waals surface area contributed by atoms with Crippen LogP contribution in [0.15, 0.2) is 40.8 Å². The van der Waals surface area contributed by atoms with Gasteiger partial charge in [0.2, 0.25) is 11.8 Å². The van der Waals surface area contributed by atoms with E-state index in [9.17, 15) is 9.59 Å². The number of amides is 1. The van der Waals surface area contributed by atoms with E-state index in [0.29, 0.717) is 36.0 Å². The smallest absolute Gasteiger partial charge is 0.257 e. The monoisotopic (exact) mass is 438 g/mol. The quantitative estimate of drug-likeness (QED) is 0.542. The molecule has 1 atom stereocenters. The van der Waals surface area contributed by atoms with E-state index >= 15 is 0 Å². The predicted molar refractivity (Wildman–Crippen MR) is 121 cm³/mol. The second-order valence-electron chi connectivity index (χ2n) is 7.94. The maximum atomic E-state index is 12.8. The molecule has 0 saturated carbocycles. The standard InChI is InChI=1S/C23H26N4O3S/c1-15-4-6-18(7-5-15)26-12-13-27(16(2)14-26)22(29)11-10-21-24-25-23(30-21)20-9-8-19(31-20)17(3)28/h4-9,16H,10-14H2,1-3H3/t16-/m1/s1. The first-order chi connectivity index (χ1) is 14.9. The van der Waals surface area contributed by atoms with Crippen molar-refractivity contribution in [2.75, 3.05) is 24.5 Å². The van der Waals surface area contributed by atoms with Gasteiger partial charge in [0.05, 0.1) is 9.75 Å². The highest BCUT2D eigenvalue weighted by atomic mass is 32.1. The number of anilines is 1. The number of piperazine rings is 1. The van der Waals surface area contributed by atoms with E-state index in [0.717, 1.165) is 18.0 Å². The van der Waals surface area contributed by atoms with Crippen LogP contribution in [0.2, 0.25) is 0 Å². The van der Waals surface area contributed by atoms with E-state index < -0.39 is 0 Å². The number of aryl methyl sites for hydroxylation is 2. The first-order valence-corrected chi connectivity index (χ1v) is 11.3. The molecule has 0 aliphatic carbocycles. The van der Waals surface area contributed by atoms with E-state index in [2.05, 4.69) is 53.2 Å². The van der Waals surface area contributed by atoms with Gasteiger partial charge in [-0.2, -0.15) is 0 Å². The molecule has 1 amide bonds. The number of hydrogen-bond acceptors (Lipinski definition) is 7. The number of aromatic nitrogens is 2. The molecule has 162 valence electrons. The van der Waals surface area contributed by atoms with Crippen molar-refractivity contribution in [3.8, 4) is 10.8 Å².